The lowest BCUT2D eigenvalue weighted by atomic mass is 9.99. The van der Waals surface area contributed by atoms with E-state index in [4.69, 9.17) is 14.6 Å². The van der Waals surface area contributed by atoms with Crippen LogP contribution in [0.5, 0.6) is 5.75 Å². The SMILES string of the molecule is COc1cccc2c(C(=O)N[C@@H](C)c3cccc4ccccc34)nn(CCN3CCOCC3)c12. The number of para-hydroxylation sites is 1. The first kappa shape index (κ1) is 22.4. The maximum absolute atomic E-state index is 13.4. The molecule has 0 unspecified atom stereocenters. The van der Waals surface area contributed by atoms with Gasteiger partial charge in [0.1, 0.15) is 11.3 Å². The fourth-order valence-corrected chi connectivity index (χ4v) is 4.73. The summed E-state index contributed by atoms with van der Waals surface area (Å²) in [6.45, 7) is 6.84. The molecule has 5 rings (SSSR count). The van der Waals surface area contributed by atoms with E-state index < -0.39 is 0 Å². The Labute approximate surface area is 199 Å². The number of fused-ring (bicyclic) bond motifs is 2. The summed E-state index contributed by atoms with van der Waals surface area (Å²) in [6, 6.07) is 20.0. The summed E-state index contributed by atoms with van der Waals surface area (Å²) < 4.78 is 13.0. The van der Waals surface area contributed by atoms with Crippen LogP contribution in [0.3, 0.4) is 0 Å². The highest BCUT2D eigenvalue weighted by atomic mass is 16.5. The number of nitrogens with one attached hydrogen (secondary N) is 1. The average Bonchev–Trinajstić information content (AvgIpc) is 3.27. The predicted molar refractivity (Wildman–Crippen MR) is 133 cm³/mol. The second-order valence-corrected chi connectivity index (χ2v) is 8.65. The maximum atomic E-state index is 13.4. The van der Waals surface area contributed by atoms with Crippen molar-refractivity contribution in [3.05, 3.63) is 71.9 Å². The van der Waals surface area contributed by atoms with Gasteiger partial charge >= 0.3 is 0 Å². The predicted octanol–water partition coefficient (Wildman–Crippen LogP) is 4.02. The second-order valence-electron chi connectivity index (χ2n) is 8.65. The van der Waals surface area contributed by atoms with Gasteiger partial charge in [0.15, 0.2) is 5.69 Å². The van der Waals surface area contributed by atoms with Crippen LogP contribution in [0.4, 0.5) is 0 Å². The molecule has 1 fully saturated rings. The number of carbonyl (C=O) groups excluding carboxylic acids is 1. The lowest BCUT2D eigenvalue weighted by molar-refractivity contribution is 0.0361. The molecule has 0 bridgehead atoms. The molecule has 1 amide bonds. The van der Waals surface area contributed by atoms with Crippen LogP contribution in [0.2, 0.25) is 0 Å². The van der Waals surface area contributed by atoms with Crippen molar-refractivity contribution in [3.63, 3.8) is 0 Å². The number of aromatic nitrogens is 2. The van der Waals surface area contributed by atoms with Crippen LogP contribution in [-0.4, -0.2) is 60.5 Å². The largest absolute Gasteiger partial charge is 0.494 e. The molecular weight excluding hydrogens is 428 g/mol. The summed E-state index contributed by atoms with van der Waals surface area (Å²) >= 11 is 0. The minimum atomic E-state index is -0.191. The molecule has 7 heteroatoms. The Bertz CT molecular complexity index is 1300. The highest BCUT2D eigenvalue weighted by Gasteiger charge is 2.22. The first-order valence-electron chi connectivity index (χ1n) is 11.8. The zero-order valence-electron chi connectivity index (χ0n) is 19.7. The van der Waals surface area contributed by atoms with Crippen molar-refractivity contribution in [2.45, 2.75) is 19.5 Å². The van der Waals surface area contributed by atoms with Crippen LogP contribution < -0.4 is 10.1 Å². The fourth-order valence-electron chi connectivity index (χ4n) is 4.73. The first-order chi connectivity index (χ1) is 16.7. The van der Waals surface area contributed by atoms with E-state index >= 15 is 0 Å². The Morgan fingerprint density at radius 1 is 1.03 bits per heavy atom. The number of hydrogen-bond donors (Lipinski definition) is 1. The van der Waals surface area contributed by atoms with E-state index in [1.807, 2.05) is 48.0 Å². The van der Waals surface area contributed by atoms with Crippen molar-refractivity contribution in [2.24, 2.45) is 0 Å². The highest BCUT2D eigenvalue weighted by molar-refractivity contribution is 6.06. The van der Waals surface area contributed by atoms with E-state index in [1.54, 1.807) is 7.11 Å². The van der Waals surface area contributed by atoms with Crippen molar-refractivity contribution >= 4 is 27.6 Å². The molecule has 1 atom stereocenters. The average molecular weight is 459 g/mol. The maximum Gasteiger partial charge on any atom is 0.272 e. The monoisotopic (exact) mass is 458 g/mol. The molecule has 4 aromatic rings. The summed E-state index contributed by atoms with van der Waals surface area (Å²) in [6.07, 6.45) is 0. The zero-order valence-corrected chi connectivity index (χ0v) is 19.7. The van der Waals surface area contributed by atoms with Gasteiger partial charge in [-0.3, -0.25) is 14.4 Å². The van der Waals surface area contributed by atoms with Crippen molar-refractivity contribution in [1.29, 1.82) is 0 Å². The minimum absolute atomic E-state index is 0.169. The van der Waals surface area contributed by atoms with Gasteiger partial charge in [0.05, 0.1) is 32.9 Å². The third kappa shape index (κ3) is 4.36. The van der Waals surface area contributed by atoms with Gasteiger partial charge in [-0.2, -0.15) is 5.10 Å². The molecule has 1 aromatic heterocycles. The molecule has 0 radical (unpaired) electrons. The molecule has 0 spiro atoms. The quantitative estimate of drug-likeness (QED) is 0.453. The number of ether oxygens (including phenoxy) is 2. The van der Waals surface area contributed by atoms with Crippen LogP contribution in [-0.2, 0) is 11.3 Å². The van der Waals surface area contributed by atoms with Crippen molar-refractivity contribution in [1.82, 2.24) is 20.0 Å². The fraction of sp³-hybridized carbons (Fsp3) is 0.333. The Morgan fingerprint density at radius 2 is 1.76 bits per heavy atom. The molecule has 176 valence electrons. The molecule has 7 nitrogen and oxygen atoms in total. The number of nitrogens with zero attached hydrogens (tertiary/aromatic N) is 3. The zero-order chi connectivity index (χ0) is 23.5. The Hall–Kier alpha value is -3.42. The third-order valence-corrected chi connectivity index (χ3v) is 6.54. The van der Waals surface area contributed by atoms with Crippen LogP contribution in [0.25, 0.3) is 21.7 Å². The van der Waals surface area contributed by atoms with Crippen LogP contribution in [0.1, 0.15) is 29.0 Å². The highest BCUT2D eigenvalue weighted by Crippen LogP contribution is 2.29. The summed E-state index contributed by atoms with van der Waals surface area (Å²) in [4.78, 5) is 15.8. The van der Waals surface area contributed by atoms with Crippen LogP contribution in [0, 0.1) is 0 Å². The lowest BCUT2D eigenvalue weighted by Crippen LogP contribution is -2.38. The number of benzene rings is 3. The molecule has 1 aliphatic rings. The first-order valence-corrected chi connectivity index (χ1v) is 11.8. The molecular formula is C27H30N4O3. The number of amides is 1. The minimum Gasteiger partial charge on any atom is -0.494 e. The van der Waals surface area contributed by atoms with E-state index in [9.17, 15) is 4.79 Å². The van der Waals surface area contributed by atoms with E-state index in [0.29, 0.717) is 18.0 Å². The molecule has 1 saturated heterocycles. The topological polar surface area (TPSA) is 68.6 Å². The van der Waals surface area contributed by atoms with E-state index in [2.05, 4.69) is 34.5 Å². The molecule has 0 aliphatic carbocycles. The van der Waals surface area contributed by atoms with Crippen molar-refractivity contribution < 1.29 is 14.3 Å². The smallest absolute Gasteiger partial charge is 0.272 e. The standard InChI is InChI=1S/C27H30N4O3/c1-19(21-10-5-8-20-7-3-4-9-22(20)21)28-27(32)25-23-11-6-12-24(33-2)26(23)31(29-25)14-13-30-15-17-34-18-16-30/h3-12,19H,13-18H2,1-2H3,(H,28,32)/t19-/m0/s1. The summed E-state index contributed by atoms with van der Waals surface area (Å²) in [5, 5.41) is 11.0. The molecule has 1 N–H and O–H groups in total. The van der Waals surface area contributed by atoms with E-state index in [-0.39, 0.29) is 11.9 Å². The lowest BCUT2D eigenvalue weighted by Gasteiger charge is -2.26. The Balaban J connectivity index is 1.43. The number of hydrogen-bond acceptors (Lipinski definition) is 5. The summed E-state index contributed by atoms with van der Waals surface area (Å²) in [5.41, 5.74) is 2.35. The second kappa shape index (κ2) is 9.83. The van der Waals surface area contributed by atoms with Gasteiger partial charge < -0.3 is 14.8 Å². The number of morpholine rings is 1. The van der Waals surface area contributed by atoms with Gasteiger partial charge in [0.2, 0.25) is 0 Å². The summed E-state index contributed by atoms with van der Waals surface area (Å²) in [7, 11) is 1.65. The van der Waals surface area contributed by atoms with Gasteiger partial charge in [-0.15, -0.1) is 0 Å². The molecule has 0 saturated carbocycles. The van der Waals surface area contributed by atoms with Crippen molar-refractivity contribution in [2.75, 3.05) is 40.0 Å². The molecule has 34 heavy (non-hydrogen) atoms. The molecule has 3 aromatic carbocycles. The molecule has 1 aliphatic heterocycles. The normalized spacial score (nSPS) is 15.5. The summed E-state index contributed by atoms with van der Waals surface area (Å²) in [5.74, 6) is 0.525. The van der Waals surface area contributed by atoms with E-state index in [1.165, 1.54) is 0 Å². The number of carbonyl (C=O) groups is 1. The van der Waals surface area contributed by atoms with Crippen LogP contribution >= 0.6 is 0 Å². The van der Waals surface area contributed by atoms with Gasteiger partial charge in [-0.25, -0.2) is 0 Å². The van der Waals surface area contributed by atoms with Gasteiger partial charge in [0, 0.05) is 25.0 Å². The van der Waals surface area contributed by atoms with Crippen LogP contribution in [0.15, 0.2) is 60.7 Å². The van der Waals surface area contributed by atoms with Crippen molar-refractivity contribution in [3.8, 4) is 5.75 Å². The number of methoxy groups -OCH3 is 1. The van der Waals surface area contributed by atoms with Gasteiger partial charge in [-0.1, -0.05) is 54.6 Å². The Morgan fingerprint density at radius 3 is 2.59 bits per heavy atom. The van der Waals surface area contributed by atoms with E-state index in [0.717, 1.165) is 60.1 Å². The van der Waals surface area contributed by atoms with Gasteiger partial charge in [0.25, 0.3) is 5.91 Å². The third-order valence-electron chi connectivity index (χ3n) is 6.54. The number of rotatable bonds is 7. The molecule has 2 heterocycles. The Kier molecular flexibility index (Phi) is 6.47. The van der Waals surface area contributed by atoms with Gasteiger partial charge in [-0.05, 0) is 29.3 Å².